The average molecular weight is 217 g/mol. The van der Waals surface area contributed by atoms with Crippen molar-refractivity contribution in [3.63, 3.8) is 0 Å². The first-order valence-electron chi connectivity index (χ1n) is 4.90. The maximum Gasteiger partial charge on any atom is 0.307 e. The molecule has 0 aliphatic heterocycles. The van der Waals surface area contributed by atoms with Gasteiger partial charge < -0.3 is 10.1 Å². The van der Waals surface area contributed by atoms with Crippen molar-refractivity contribution in [3.8, 4) is 0 Å². The lowest BCUT2D eigenvalue weighted by molar-refractivity contribution is -0.136. The van der Waals surface area contributed by atoms with Crippen molar-refractivity contribution in [3.05, 3.63) is 45.7 Å². The molecular weight excluding hydrogens is 206 g/mol. The lowest BCUT2D eigenvalue weighted by atomic mass is 10.0. The fourth-order valence-electron chi connectivity index (χ4n) is 1.75. The van der Waals surface area contributed by atoms with E-state index in [1.807, 2.05) is 19.1 Å². The summed E-state index contributed by atoms with van der Waals surface area (Å²) in [6.07, 6.45) is -0.135. The topological polar surface area (TPSA) is 70.2 Å². The second kappa shape index (κ2) is 3.81. The van der Waals surface area contributed by atoms with Crippen LogP contribution in [0.25, 0.3) is 10.9 Å². The predicted molar refractivity (Wildman–Crippen MR) is 60.6 cm³/mol. The lowest BCUT2D eigenvalue weighted by Crippen LogP contribution is -2.09. The highest BCUT2D eigenvalue weighted by Crippen LogP contribution is 2.17. The second-order valence-corrected chi connectivity index (χ2v) is 3.78. The van der Waals surface area contributed by atoms with Crippen molar-refractivity contribution >= 4 is 16.9 Å². The van der Waals surface area contributed by atoms with Gasteiger partial charge in [-0.3, -0.25) is 9.59 Å². The van der Waals surface area contributed by atoms with Gasteiger partial charge in [0.2, 0.25) is 5.56 Å². The molecule has 1 aromatic heterocycles. The van der Waals surface area contributed by atoms with Gasteiger partial charge in [-0.25, -0.2) is 0 Å². The van der Waals surface area contributed by atoms with Gasteiger partial charge in [0.05, 0.1) is 6.42 Å². The van der Waals surface area contributed by atoms with Crippen LogP contribution in [0.2, 0.25) is 0 Å². The van der Waals surface area contributed by atoms with E-state index in [4.69, 9.17) is 5.11 Å². The van der Waals surface area contributed by atoms with E-state index in [1.165, 1.54) is 6.07 Å². The van der Waals surface area contributed by atoms with E-state index in [-0.39, 0.29) is 12.0 Å². The van der Waals surface area contributed by atoms with E-state index >= 15 is 0 Å². The molecule has 0 fully saturated rings. The van der Waals surface area contributed by atoms with Crippen LogP contribution >= 0.6 is 0 Å². The number of nitrogens with one attached hydrogen (secondary N) is 1. The molecule has 0 aliphatic carbocycles. The molecular formula is C12H11NO3. The summed E-state index contributed by atoms with van der Waals surface area (Å²) in [6.45, 7) is 1.93. The van der Waals surface area contributed by atoms with Crippen LogP contribution in [-0.4, -0.2) is 16.1 Å². The minimum atomic E-state index is -0.937. The molecule has 4 nitrogen and oxygen atoms in total. The predicted octanol–water partition coefficient (Wildman–Crippen LogP) is 1.46. The van der Waals surface area contributed by atoms with Gasteiger partial charge in [0.15, 0.2) is 0 Å². The Hall–Kier alpha value is -2.10. The molecule has 4 heteroatoms. The van der Waals surface area contributed by atoms with E-state index in [0.717, 1.165) is 10.9 Å². The highest BCUT2D eigenvalue weighted by atomic mass is 16.4. The Labute approximate surface area is 91.5 Å². The summed E-state index contributed by atoms with van der Waals surface area (Å²) in [5.74, 6) is -0.937. The zero-order chi connectivity index (χ0) is 11.7. The highest BCUT2D eigenvalue weighted by molar-refractivity contribution is 5.86. The van der Waals surface area contributed by atoms with Crippen molar-refractivity contribution in [1.82, 2.24) is 4.98 Å². The number of fused-ring (bicyclic) bond motifs is 1. The van der Waals surface area contributed by atoms with Crippen LogP contribution in [0, 0.1) is 6.92 Å². The molecule has 0 unspecified atom stereocenters. The van der Waals surface area contributed by atoms with Crippen LogP contribution < -0.4 is 5.56 Å². The first-order valence-corrected chi connectivity index (χ1v) is 4.90. The fourth-order valence-corrected chi connectivity index (χ4v) is 1.75. The Morgan fingerprint density at radius 3 is 2.81 bits per heavy atom. The summed E-state index contributed by atoms with van der Waals surface area (Å²) < 4.78 is 0. The van der Waals surface area contributed by atoms with Gasteiger partial charge in [-0.1, -0.05) is 11.6 Å². The Morgan fingerprint density at radius 2 is 2.12 bits per heavy atom. The third-order valence-electron chi connectivity index (χ3n) is 2.43. The minimum absolute atomic E-state index is 0.135. The molecule has 2 aromatic rings. The number of H-pyrrole nitrogens is 1. The monoisotopic (exact) mass is 217 g/mol. The van der Waals surface area contributed by atoms with Crippen molar-refractivity contribution in [1.29, 1.82) is 0 Å². The Kier molecular flexibility index (Phi) is 2.48. The van der Waals surface area contributed by atoms with Gasteiger partial charge in [-0.05, 0) is 24.6 Å². The number of aryl methyl sites for hydroxylation is 1. The number of aromatic nitrogens is 1. The van der Waals surface area contributed by atoms with Gasteiger partial charge in [0.25, 0.3) is 0 Å². The second-order valence-electron chi connectivity index (χ2n) is 3.78. The maximum atomic E-state index is 11.3. The summed E-state index contributed by atoms with van der Waals surface area (Å²) in [5.41, 5.74) is 1.99. The normalized spacial score (nSPS) is 10.6. The van der Waals surface area contributed by atoms with E-state index in [2.05, 4.69) is 4.98 Å². The largest absolute Gasteiger partial charge is 0.481 e. The Balaban J connectivity index is 2.74. The number of carboxylic acid groups (broad SMARTS) is 1. The maximum absolute atomic E-state index is 11.3. The first-order chi connectivity index (χ1) is 7.56. The molecule has 1 heterocycles. The van der Waals surface area contributed by atoms with Crippen LogP contribution in [0.4, 0.5) is 0 Å². The standard InChI is InChI=1S/C12H11NO3/c1-7-2-3-10-9(4-7)8(6-12(15)16)5-11(14)13-10/h2-5H,6H2,1H3,(H,13,14)(H,15,16). The molecule has 0 saturated carbocycles. The number of rotatable bonds is 2. The molecule has 2 rings (SSSR count). The van der Waals surface area contributed by atoms with Crippen molar-refractivity contribution in [2.45, 2.75) is 13.3 Å². The minimum Gasteiger partial charge on any atom is -0.481 e. The SMILES string of the molecule is Cc1ccc2[nH]c(=O)cc(CC(=O)O)c2c1. The van der Waals surface area contributed by atoms with E-state index in [0.29, 0.717) is 11.1 Å². The number of benzene rings is 1. The van der Waals surface area contributed by atoms with Gasteiger partial charge in [-0.15, -0.1) is 0 Å². The number of carbonyl (C=O) groups is 1. The zero-order valence-electron chi connectivity index (χ0n) is 8.78. The molecule has 1 aromatic carbocycles. The van der Waals surface area contributed by atoms with Gasteiger partial charge in [0.1, 0.15) is 0 Å². The molecule has 0 spiro atoms. The van der Waals surface area contributed by atoms with Crippen LogP contribution in [0.3, 0.4) is 0 Å². The van der Waals surface area contributed by atoms with E-state index in [1.54, 1.807) is 6.07 Å². The summed E-state index contributed by atoms with van der Waals surface area (Å²) >= 11 is 0. The number of carboxylic acids is 1. The van der Waals surface area contributed by atoms with Crippen LogP contribution in [0.15, 0.2) is 29.1 Å². The zero-order valence-corrected chi connectivity index (χ0v) is 8.78. The molecule has 0 atom stereocenters. The number of pyridine rings is 1. The molecule has 16 heavy (non-hydrogen) atoms. The molecule has 82 valence electrons. The van der Waals surface area contributed by atoms with Crippen LogP contribution in [0.5, 0.6) is 0 Å². The van der Waals surface area contributed by atoms with Crippen molar-refractivity contribution in [2.75, 3.05) is 0 Å². The number of hydrogen-bond acceptors (Lipinski definition) is 2. The fraction of sp³-hybridized carbons (Fsp3) is 0.167. The van der Waals surface area contributed by atoms with E-state index in [9.17, 15) is 9.59 Å². The molecule has 2 N–H and O–H groups in total. The number of aromatic amines is 1. The molecule has 0 aliphatic rings. The quantitative estimate of drug-likeness (QED) is 0.800. The third kappa shape index (κ3) is 1.95. The molecule has 0 bridgehead atoms. The molecule has 0 amide bonds. The number of aliphatic carboxylic acids is 1. The van der Waals surface area contributed by atoms with E-state index < -0.39 is 5.97 Å². The van der Waals surface area contributed by atoms with Crippen molar-refractivity contribution in [2.24, 2.45) is 0 Å². The summed E-state index contributed by atoms with van der Waals surface area (Å²) in [7, 11) is 0. The van der Waals surface area contributed by atoms with Gasteiger partial charge in [-0.2, -0.15) is 0 Å². The molecule has 0 saturated heterocycles. The summed E-state index contributed by atoms with van der Waals surface area (Å²) in [6, 6.07) is 6.89. The summed E-state index contributed by atoms with van der Waals surface area (Å²) in [5, 5.41) is 9.57. The van der Waals surface area contributed by atoms with Crippen molar-refractivity contribution < 1.29 is 9.90 Å². The lowest BCUT2D eigenvalue weighted by Gasteiger charge is -2.04. The smallest absolute Gasteiger partial charge is 0.307 e. The first kappa shape index (κ1) is 10.4. The third-order valence-corrected chi connectivity index (χ3v) is 2.43. The van der Waals surface area contributed by atoms with Crippen LogP contribution in [0.1, 0.15) is 11.1 Å². The average Bonchev–Trinajstić information content (AvgIpc) is 2.18. The Bertz CT molecular complexity index is 613. The summed E-state index contributed by atoms with van der Waals surface area (Å²) in [4.78, 5) is 24.7. The van der Waals surface area contributed by atoms with Crippen LogP contribution in [-0.2, 0) is 11.2 Å². The Morgan fingerprint density at radius 1 is 1.38 bits per heavy atom. The highest BCUT2D eigenvalue weighted by Gasteiger charge is 2.07. The van der Waals surface area contributed by atoms with Gasteiger partial charge in [0, 0.05) is 17.0 Å². The number of hydrogen-bond donors (Lipinski definition) is 2. The molecule has 0 radical (unpaired) electrons. The van der Waals surface area contributed by atoms with Gasteiger partial charge >= 0.3 is 5.97 Å².